The maximum atomic E-state index is 12.4. The molecule has 0 saturated heterocycles. The van der Waals surface area contributed by atoms with Crippen LogP contribution in [0.15, 0.2) is 65.6 Å². The van der Waals surface area contributed by atoms with Crippen LogP contribution in [-0.4, -0.2) is 14.5 Å². The summed E-state index contributed by atoms with van der Waals surface area (Å²) in [5.41, 5.74) is 2.16. The summed E-state index contributed by atoms with van der Waals surface area (Å²) >= 11 is 0. The molecule has 1 N–H and O–H groups in total. The van der Waals surface area contributed by atoms with Crippen molar-refractivity contribution in [2.24, 2.45) is 0 Å². The first kappa shape index (κ1) is 17.4. The maximum Gasteiger partial charge on any atom is 0.240 e. The van der Waals surface area contributed by atoms with E-state index in [1.807, 2.05) is 68.5 Å². The molecule has 2 rings (SSSR count). The molecule has 2 aromatic carbocycles. The summed E-state index contributed by atoms with van der Waals surface area (Å²) in [4.78, 5) is 0.314. The molecule has 1 unspecified atom stereocenters. The Kier molecular flexibility index (Phi) is 6.13. The van der Waals surface area contributed by atoms with Gasteiger partial charge in [0.05, 0.1) is 4.90 Å². The minimum atomic E-state index is -3.47. The molecule has 4 heteroatoms. The Bertz CT molecular complexity index is 735. The normalized spacial score (nSPS) is 13.3. The van der Waals surface area contributed by atoms with Gasteiger partial charge in [0, 0.05) is 6.04 Å². The zero-order valence-corrected chi connectivity index (χ0v) is 14.4. The van der Waals surface area contributed by atoms with E-state index in [9.17, 15) is 8.42 Å². The Morgan fingerprint density at radius 3 is 2.30 bits per heavy atom. The highest BCUT2D eigenvalue weighted by molar-refractivity contribution is 7.89. The molecule has 0 fully saturated rings. The van der Waals surface area contributed by atoms with E-state index in [1.54, 1.807) is 12.1 Å². The molecule has 0 heterocycles. The van der Waals surface area contributed by atoms with Crippen LogP contribution in [0.5, 0.6) is 0 Å². The second kappa shape index (κ2) is 8.09. The molecule has 0 saturated carbocycles. The number of aryl methyl sites for hydroxylation is 1. The van der Waals surface area contributed by atoms with Crippen LogP contribution in [0.2, 0.25) is 0 Å². The average molecular weight is 329 g/mol. The molecule has 0 aromatic heterocycles. The highest BCUT2D eigenvalue weighted by atomic mass is 32.2. The second-order valence-corrected chi connectivity index (χ2v) is 7.30. The van der Waals surface area contributed by atoms with Gasteiger partial charge in [0.2, 0.25) is 10.0 Å². The molecule has 0 aliphatic rings. The molecule has 0 spiro atoms. The Labute approximate surface area is 139 Å². The molecule has 122 valence electrons. The van der Waals surface area contributed by atoms with Crippen LogP contribution in [-0.2, 0) is 10.0 Å². The van der Waals surface area contributed by atoms with Gasteiger partial charge in [0.25, 0.3) is 0 Å². The van der Waals surface area contributed by atoms with E-state index >= 15 is 0 Å². The van der Waals surface area contributed by atoms with Crippen LogP contribution in [0.3, 0.4) is 0 Å². The van der Waals surface area contributed by atoms with Gasteiger partial charge in [-0.1, -0.05) is 67.1 Å². The standard InChI is InChI=1S/C19H23NO2S/c1-3-18(11-7-10-17-8-5-4-6-9-17)20-23(21,22)19-14-12-16(2)13-15-19/h4-10,12-15,18,20H,3,11H2,1-2H3/b10-7+. The average Bonchev–Trinajstić information content (AvgIpc) is 2.55. The quantitative estimate of drug-likeness (QED) is 0.829. The SMILES string of the molecule is CCC(C/C=C/c1ccccc1)NS(=O)(=O)c1ccc(C)cc1. The molecule has 0 bridgehead atoms. The topological polar surface area (TPSA) is 46.2 Å². The summed E-state index contributed by atoms with van der Waals surface area (Å²) in [6.07, 6.45) is 5.44. The van der Waals surface area contributed by atoms with E-state index in [0.29, 0.717) is 11.3 Å². The monoisotopic (exact) mass is 329 g/mol. The van der Waals surface area contributed by atoms with Gasteiger partial charge >= 0.3 is 0 Å². The van der Waals surface area contributed by atoms with Gasteiger partial charge in [-0.2, -0.15) is 0 Å². The number of hydrogen-bond acceptors (Lipinski definition) is 2. The summed E-state index contributed by atoms with van der Waals surface area (Å²) in [5, 5.41) is 0. The van der Waals surface area contributed by atoms with E-state index in [0.717, 1.165) is 17.5 Å². The van der Waals surface area contributed by atoms with Gasteiger partial charge in [-0.3, -0.25) is 0 Å². The first-order chi connectivity index (χ1) is 11.0. The lowest BCUT2D eigenvalue weighted by Gasteiger charge is -2.15. The smallest absolute Gasteiger partial charge is 0.208 e. The molecule has 0 amide bonds. The van der Waals surface area contributed by atoms with Crippen molar-refractivity contribution in [2.75, 3.05) is 0 Å². The Morgan fingerprint density at radius 1 is 1.04 bits per heavy atom. The molecule has 1 atom stereocenters. The number of benzene rings is 2. The van der Waals surface area contributed by atoms with Crippen molar-refractivity contribution in [1.29, 1.82) is 0 Å². The predicted octanol–water partition coefficient (Wildman–Crippen LogP) is 4.16. The largest absolute Gasteiger partial charge is 0.240 e. The fourth-order valence-corrected chi connectivity index (χ4v) is 3.57. The van der Waals surface area contributed by atoms with Crippen molar-refractivity contribution in [3.63, 3.8) is 0 Å². The van der Waals surface area contributed by atoms with E-state index in [1.165, 1.54) is 0 Å². The van der Waals surface area contributed by atoms with Gasteiger partial charge in [0.15, 0.2) is 0 Å². The Hall–Kier alpha value is -1.91. The number of rotatable bonds is 7. The first-order valence-electron chi connectivity index (χ1n) is 7.82. The van der Waals surface area contributed by atoms with E-state index < -0.39 is 10.0 Å². The first-order valence-corrected chi connectivity index (χ1v) is 9.30. The minimum absolute atomic E-state index is 0.110. The highest BCUT2D eigenvalue weighted by Crippen LogP contribution is 2.13. The summed E-state index contributed by atoms with van der Waals surface area (Å²) in [6.45, 7) is 3.92. The molecular formula is C19H23NO2S. The van der Waals surface area contributed by atoms with Gasteiger partial charge in [-0.15, -0.1) is 0 Å². The van der Waals surface area contributed by atoms with Gasteiger partial charge in [0.1, 0.15) is 0 Å². The molecule has 0 aliphatic heterocycles. The second-order valence-electron chi connectivity index (χ2n) is 5.59. The minimum Gasteiger partial charge on any atom is -0.208 e. The molecule has 2 aromatic rings. The third kappa shape index (κ3) is 5.34. The predicted molar refractivity (Wildman–Crippen MR) is 95.7 cm³/mol. The van der Waals surface area contributed by atoms with Crippen LogP contribution >= 0.6 is 0 Å². The fourth-order valence-electron chi connectivity index (χ4n) is 2.24. The van der Waals surface area contributed by atoms with Crippen LogP contribution < -0.4 is 4.72 Å². The molecule has 0 radical (unpaired) electrons. The summed E-state index contributed by atoms with van der Waals surface area (Å²) < 4.78 is 27.6. The zero-order valence-electron chi connectivity index (χ0n) is 13.6. The molecule has 23 heavy (non-hydrogen) atoms. The van der Waals surface area contributed by atoms with Crippen LogP contribution in [0.1, 0.15) is 30.9 Å². The van der Waals surface area contributed by atoms with E-state index in [2.05, 4.69) is 4.72 Å². The van der Waals surface area contributed by atoms with Crippen LogP contribution in [0.4, 0.5) is 0 Å². The van der Waals surface area contributed by atoms with Crippen molar-refractivity contribution in [3.05, 3.63) is 71.8 Å². The van der Waals surface area contributed by atoms with E-state index in [4.69, 9.17) is 0 Å². The Balaban J connectivity index is 2.01. The fraction of sp³-hybridized carbons (Fsp3) is 0.263. The number of nitrogens with one attached hydrogen (secondary N) is 1. The van der Waals surface area contributed by atoms with E-state index in [-0.39, 0.29) is 6.04 Å². The lowest BCUT2D eigenvalue weighted by atomic mass is 10.1. The molecule has 3 nitrogen and oxygen atoms in total. The number of sulfonamides is 1. The Morgan fingerprint density at radius 2 is 1.70 bits per heavy atom. The maximum absolute atomic E-state index is 12.4. The summed E-state index contributed by atoms with van der Waals surface area (Å²) in [5.74, 6) is 0. The molecular weight excluding hydrogens is 306 g/mol. The van der Waals surface area contributed by atoms with Crippen LogP contribution in [0.25, 0.3) is 6.08 Å². The highest BCUT2D eigenvalue weighted by Gasteiger charge is 2.17. The summed E-state index contributed by atoms with van der Waals surface area (Å²) in [7, 11) is -3.47. The van der Waals surface area contributed by atoms with Crippen molar-refractivity contribution in [3.8, 4) is 0 Å². The van der Waals surface area contributed by atoms with Crippen molar-refractivity contribution >= 4 is 16.1 Å². The van der Waals surface area contributed by atoms with Crippen molar-refractivity contribution in [1.82, 2.24) is 4.72 Å². The summed E-state index contributed by atoms with van der Waals surface area (Å²) in [6, 6.07) is 16.8. The van der Waals surface area contributed by atoms with Crippen molar-refractivity contribution < 1.29 is 8.42 Å². The number of hydrogen-bond donors (Lipinski definition) is 1. The van der Waals surface area contributed by atoms with Gasteiger partial charge < -0.3 is 0 Å². The third-order valence-electron chi connectivity index (χ3n) is 3.68. The van der Waals surface area contributed by atoms with Crippen molar-refractivity contribution in [2.45, 2.75) is 37.6 Å². The lowest BCUT2D eigenvalue weighted by Crippen LogP contribution is -2.34. The van der Waals surface area contributed by atoms with Gasteiger partial charge in [-0.05, 0) is 37.5 Å². The molecule has 0 aliphatic carbocycles. The third-order valence-corrected chi connectivity index (χ3v) is 5.21. The van der Waals surface area contributed by atoms with Gasteiger partial charge in [-0.25, -0.2) is 13.1 Å². The van der Waals surface area contributed by atoms with Crippen LogP contribution in [0, 0.1) is 6.92 Å². The zero-order chi connectivity index (χ0) is 16.7. The lowest BCUT2D eigenvalue weighted by molar-refractivity contribution is 0.541.